The van der Waals surface area contributed by atoms with Crippen LogP contribution in [0.4, 0.5) is 18.9 Å². The molecule has 0 unspecified atom stereocenters. The Morgan fingerprint density at radius 1 is 1.04 bits per heavy atom. The minimum Gasteiger partial charge on any atom is -0.280 e. The fourth-order valence-electron chi connectivity index (χ4n) is 1.63. The molecule has 0 spiro atoms. The van der Waals surface area contributed by atoms with Crippen molar-refractivity contribution < 1.29 is 25.8 Å². The molecule has 2 aromatic rings. The second kappa shape index (κ2) is 6.50. The van der Waals surface area contributed by atoms with Gasteiger partial charge in [0.15, 0.2) is 10.8 Å². The van der Waals surface area contributed by atoms with Crippen LogP contribution in [0.25, 0.3) is 0 Å². The molecule has 0 saturated heterocycles. The van der Waals surface area contributed by atoms with E-state index in [2.05, 4.69) is 4.72 Å². The summed E-state index contributed by atoms with van der Waals surface area (Å²) in [6, 6.07) is 9.59. The highest BCUT2D eigenvalue weighted by Crippen LogP contribution is 2.27. The van der Waals surface area contributed by atoms with Crippen LogP contribution < -0.4 is 4.72 Å². The highest BCUT2D eigenvalue weighted by Gasteiger charge is 2.37. The van der Waals surface area contributed by atoms with Crippen LogP contribution in [0.1, 0.15) is 0 Å². The molecule has 0 fully saturated rings. The fourth-order valence-corrected chi connectivity index (χ4v) is 3.64. The lowest BCUT2D eigenvalue weighted by molar-refractivity contribution is -0.0384. The largest absolute Gasteiger partial charge is 0.475 e. The number of rotatable bonds is 4. The van der Waals surface area contributed by atoms with E-state index in [9.17, 15) is 25.8 Å². The van der Waals surface area contributed by atoms with Crippen molar-refractivity contribution in [2.24, 2.45) is 0 Å². The summed E-state index contributed by atoms with van der Waals surface area (Å²) < 4.78 is 74.6. The van der Waals surface area contributed by atoms with Gasteiger partial charge in [0.25, 0.3) is 10.0 Å². The van der Waals surface area contributed by atoms with E-state index in [1.54, 1.807) is 0 Å². The number of halogens is 4. The molecule has 10 heteroatoms. The zero-order chi connectivity index (χ0) is 17.3. The Bertz CT molecular complexity index is 836. The van der Waals surface area contributed by atoms with Crippen LogP contribution in [-0.4, -0.2) is 18.1 Å². The van der Waals surface area contributed by atoms with Gasteiger partial charge < -0.3 is 0 Å². The minimum atomic E-state index is -4.87. The van der Waals surface area contributed by atoms with Crippen molar-refractivity contribution in [3.8, 4) is 0 Å². The molecule has 0 aromatic heterocycles. The van der Waals surface area contributed by atoms with Crippen molar-refractivity contribution in [2.45, 2.75) is 15.3 Å². The van der Waals surface area contributed by atoms with Gasteiger partial charge in [-0.2, -0.15) is 13.2 Å². The van der Waals surface area contributed by atoms with E-state index in [1.165, 1.54) is 24.3 Å². The lowest BCUT2D eigenvalue weighted by Crippen LogP contribution is -2.16. The number of sulfonamides is 1. The molecule has 0 bridgehead atoms. The standard InChI is InChI=1S/C13H9ClF3NO3S2/c14-9-2-1-3-12(8-9)23(20,21)18-10-4-6-11(7-5-10)22(19)13(15,16)17/h1-8,18H/t22-/m0/s1. The molecule has 0 aliphatic carbocycles. The quantitative estimate of drug-likeness (QED) is 0.874. The van der Waals surface area contributed by atoms with Crippen LogP contribution in [0.5, 0.6) is 0 Å². The number of nitrogens with one attached hydrogen (secondary N) is 1. The molecule has 0 heterocycles. The van der Waals surface area contributed by atoms with Gasteiger partial charge in [-0.1, -0.05) is 17.7 Å². The summed E-state index contributed by atoms with van der Waals surface area (Å²) in [5.41, 5.74) is -4.84. The van der Waals surface area contributed by atoms with Crippen LogP contribution in [0.15, 0.2) is 58.3 Å². The predicted octanol–water partition coefficient (Wildman–Crippen LogP) is 3.77. The summed E-state index contributed by atoms with van der Waals surface area (Å²) in [6.45, 7) is 0. The average molecular weight is 384 g/mol. The third kappa shape index (κ3) is 4.46. The number of hydrogen-bond acceptors (Lipinski definition) is 3. The van der Waals surface area contributed by atoms with Gasteiger partial charge in [-0.25, -0.2) is 12.6 Å². The second-order valence-electron chi connectivity index (χ2n) is 4.30. The van der Waals surface area contributed by atoms with Crippen molar-refractivity contribution in [1.29, 1.82) is 0 Å². The maximum absolute atomic E-state index is 12.3. The van der Waals surface area contributed by atoms with Crippen molar-refractivity contribution in [1.82, 2.24) is 0 Å². The second-order valence-corrected chi connectivity index (χ2v) is 7.89. The molecule has 0 aliphatic heterocycles. The van der Waals surface area contributed by atoms with Gasteiger partial charge in [0.2, 0.25) is 0 Å². The molecule has 2 rings (SSSR count). The zero-order valence-corrected chi connectivity index (χ0v) is 13.6. The summed E-state index contributed by atoms with van der Waals surface area (Å²) in [5, 5.41) is 0.226. The summed E-state index contributed by atoms with van der Waals surface area (Å²) in [6.07, 6.45) is 0. The van der Waals surface area contributed by atoms with E-state index in [0.717, 1.165) is 24.3 Å². The van der Waals surface area contributed by atoms with E-state index in [1.807, 2.05) is 0 Å². The monoisotopic (exact) mass is 383 g/mol. The highest BCUT2D eigenvalue weighted by atomic mass is 35.5. The van der Waals surface area contributed by atoms with E-state index in [4.69, 9.17) is 11.6 Å². The molecule has 0 amide bonds. The Labute approximate surface area is 137 Å². The zero-order valence-electron chi connectivity index (χ0n) is 11.2. The van der Waals surface area contributed by atoms with Gasteiger partial charge in [0, 0.05) is 15.6 Å². The number of alkyl halides is 3. The summed E-state index contributed by atoms with van der Waals surface area (Å²) in [5.74, 6) is 0. The SMILES string of the molecule is O=[S@@](c1ccc(NS(=O)(=O)c2cccc(Cl)c2)cc1)C(F)(F)F. The first-order valence-corrected chi connectivity index (χ1v) is 8.98. The van der Waals surface area contributed by atoms with Gasteiger partial charge in [-0.3, -0.25) is 4.72 Å². The van der Waals surface area contributed by atoms with E-state index >= 15 is 0 Å². The highest BCUT2D eigenvalue weighted by molar-refractivity contribution is 7.92. The van der Waals surface area contributed by atoms with Gasteiger partial charge in [0.1, 0.15) is 0 Å². The average Bonchev–Trinajstić information content (AvgIpc) is 2.46. The lowest BCUT2D eigenvalue weighted by atomic mass is 10.3. The number of anilines is 1. The predicted molar refractivity (Wildman–Crippen MR) is 81.2 cm³/mol. The van der Waals surface area contributed by atoms with Gasteiger partial charge in [-0.15, -0.1) is 0 Å². The Balaban J connectivity index is 2.23. The van der Waals surface area contributed by atoms with Crippen LogP contribution in [-0.2, 0) is 20.8 Å². The maximum atomic E-state index is 12.3. The van der Waals surface area contributed by atoms with Crippen LogP contribution in [0, 0.1) is 0 Å². The first kappa shape index (κ1) is 17.8. The third-order valence-corrected chi connectivity index (χ3v) is 5.37. The minimum absolute atomic E-state index is 0.0351. The smallest absolute Gasteiger partial charge is 0.280 e. The van der Waals surface area contributed by atoms with Crippen molar-refractivity contribution in [3.05, 3.63) is 53.6 Å². The van der Waals surface area contributed by atoms with E-state index < -0.39 is 31.2 Å². The molecule has 23 heavy (non-hydrogen) atoms. The Morgan fingerprint density at radius 3 is 2.17 bits per heavy atom. The fraction of sp³-hybridized carbons (Fsp3) is 0.0769. The molecule has 0 saturated carbocycles. The molecule has 0 aliphatic rings. The Morgan fingerprint density at radius 2 is 1.65 bits per heavy atom. The summed E-state index contributed by atoms with van der Waals surface area (Å²) in [4.78, 5) is -0.559. The Hall–Kier alpha value is -1.58. The molecular formula is C13H9ClF3NO3S2. The molecular weight excluding hydrogens is 375 g/mol. The first-order valence-electron chi connectivity index (χ1n) is 5.97. The topological polar surface area (TPSA) is 63.2 Å². The van der Waals surface area contributed by atoms with Gasteiger partial charge >= 0.3 is 5.51 Å². The maximum Gasteiger partial charge on any atom is 0.475 e. The van der Waals surface area contributed by atoms with Crippen molar-refractivity contribution in [2.75, 3.05) is 4.72 Å². The molecule has 2 aromatic carbocycles. The van der Waals surface area contributed by atoms with Gasteiger partial charge in [0.05, 0.1) is 4.90 Å². The van der Waals surface area contributed by atoms with Gasteiger partial charge in [-0.05, 0) is 42.5 Å². The summed E-state index contributed by atoms with van der Waals surface area (Å²) in [7, 11) is -7.10. The normalized spacial score (nSPS) is 13.6. The van der Waals surface area contributed by atoms with E-state index in [0.29, 0.717) is 0 Å². The van der Waals surface area contributed by atoms with Crippen LogP contribution in [0.2, 0.25) is 5.02 Å². The molecule has 1 atom stereocenters. The first-order chi connectivity index (χ1) is 10.6. The summed E-state index contributed by atoms with van der Waals surface area (Å²) >= 11 is 5.72. The lowest BCUT2D eigenvalue weighted by Gasteiger charge is -2.10. The van der Waals surface area contributed by atoms with Crippen LogP contribution >= 0.6 is 11.6 Å². The van der Waals surface area contributed by atoms with Crippen molar-refractivity contribution >= 4 is 38.1 Å². The molecule has 4 nitrogen and oxygen atoms in total. The Kier molecular flexibility index (Phi) is 5.02. The number of hydrogen-bond donors (Lipinski definition) is 1. The third-order valence-electron chi connectivity index (χ3n) is 2.64. The molecule has 124 valence electrons. The van der Waals surface area contributed by atoms with E-state index in [-0.39, 0.29) is 15.6 Å². The van der Waals surface area contributed by atoms with Crippen molar-refractivity contribution in [3.63, 3.8) is 0 Å². The molecule has 0 radical (unpaired) electrons. The van der Waals surface area contributed by atoms with Crippen LogP contribution in [0.3, 0.4) is 0 Å². The number of benzene rings is 2. The molecule has 1 N–H and O–H groups in total.